The summed E-state index contributed by atoms with van der Waals surface area (Å²) >= 11 is 0. The van der Waals surface area contributed by atoms with E-state index in [2.05, 4.69) is 31.3 Å². The fourth-order valence-electron chi connectivity index (χ4n) is 2.68. The van der Waals surface area contributed by atoms with Crippen molar-refractivity contribution in [1.82, 2.24) is 5.32 Å². The van der Waals surface area contributed by atoms with E-state index in [1.807, 2.05) is 12.1 Å². The van der Waals surface area contributed by atoms with Crippen LogP contribution >= 0.6 is 0 Å². The molecule has 2 heteroatoms. The zero-order valence-corrected chi connectivity index (χ0v) is 11.8. The Labute approximate surface area is 111 Å². The first-order valence-electron chi connectivity index (χ1n) is 7.14. The van der Waals surface area contributed by atoms with E-state index in [0.717, 1.165) is 18.1 Å². The highest BCUT2D eigenvalue weighted by molar-refractivity contribution is 5.29. The smallest absolute Gasteiger partial charge is 0.118 e. The van der Waals surface area contributed by atoms with Crippen molar-refractivity contribution in [2.75, 3.05) is 7.11 Å². The summed E-state index contributed by atoms with van der Waals surface area (Å²) in [7, 11) is 1.71. The zero-order valence-electron chi connectivity index (χ0n) is 11.8. The van der Waals surface area contributed by atoms with Crippen molar-refractivity contribution in [3.05, 3.63) is 29.8 Å². The van der Waals surface area contributed by atoms with Crippen LogP contribution in [-0.4, -0.2) is 13.2 Å². The first-order valence-corrected chi connectivity index (χ1v) is 7.14. The second-order valence-electron chi connectivity index (χ2n) is 5.38. The summed E-state index contributed by atoms with van der Waals surface area (Å²) in [6.07, 6.45) is 5.33. The molecule has 0 bridgehead atoms. The van der Waals surface area contributed by atoms with Crippen LogP contribution in [0.2, 0.25) is 0 Å². The van der Waals surface area contributed by atoms with Crippen molar-refractivity contribution in [1.29, 1.82) is 0 Å². The van der Waals surface area contributed by atoms with Crippen molar-refractivity contribution in [3.63, 3.8) is 0 Å². The van der Waals surface area contributed by atoms with Crippen LogP contribution in [0.15, 0.2) is 24.3 Å². The molecule has 2 unspecified atom stereocenters. The predicted molar refractivity (Wildman–Crippen MR) is 76.0 cm³/mol. The quantitative estimate of drug-likeness (QED) is 0.822. The van der Waals surface area contributed by atoms with Crippen LogP contribution in [0, 0.1) is 5.92 Å². The maximum absolute atomic E-state index is 5.21. The summed E-state index contributed by atoms with van der Waals surface area (Å²) in [5, 5.41) is 3.78. The van der Waals surface area contributed by atoms with Crippen LogP contribution in [-0.2, 0) is 0 Å². The Balaban J connectivity index is 1.97. The van der Waals surface area contributed by atoms with E-state index in [9.17, 15) is 0 Å². The summed E-state index contributed by atoms with van der Waals surface area (Å²) in [5.74, 6) is 1.82. The van der Waals surface area contributed by atoms with E-state index in [-0.39, 0.29) is 0 Å². The van der Waals surface area contributed by atoms with E-state index in [1.165, 1.54) is 24.8 Å². The monoisotopic (exact) mass is 247 g/mol. The number of methoxy groups -OCH3 is 1. The number of nitrogens with one attached hydrogen (secondary N) is 1. The molecule has 1 aliphatic carbocycles. The molecular weight excluding hydrogens is 222 g/mol. The lowest BCUT2D eigenvalue weighted by molar-refractivity contribution is 0.225. The van der Waals surface area contributed by atoms with Gasteiger partial charge in [-0.25, -0.2) is 0 Å². The molecule has 1 aromatic carbocycles. The lowest BCUT2D eigenvalue weighted by Crippen LogP contribution is -2.39. The van der Waals surface area contributed by atoms with E-state index in [1.54, 1.807) is 7.11 Å². The molecule has 100 valence electrons. The minimum absolute atomic E-state index is 0.464. The van der Waals surface area contributed by atoms with Gasteiger partial charge in [-0.2, -0.15) is 0 Å². The Kier molecular flexibility index (Phi) is 4.65. The van der Waals surface area contributed by atoms with Crippen LogP contribution in [0.3, 0.4) is 0 Å². The van der Waals surface area contributed by atoms with Gasteiger partial charge in [-0.15, -0.1) is 0 Å². The molecule has 0 saturated heterocycles. The average molecular weight is 247 g/mol. The van der Waals surface area contributed by atoms with Crippen LogP contribution in [0.4, 0.5) is 0 Å². The van der Waals surface area contributed by atoms with Gasteiger partial charge in [0.15, 0.2) is 0 Å². The molecule has 2 rings (SSSR count). The summed E-state index contributed by atoms with van der Waals surface area (Å²) in [6.45, 7) is 4.57. The second kappa shape index (κ2) is 6.24. The minimum Gasteiger partial charge on any atom is -0.497 e. The van der Waals surface area contributed by atoms with E-state index in [0.29, 0.717) is 12.1 Å². The maximum Gasteiger partial charge on any atom is 0.118 e. The third-order valence-corrected chi connectivity index (χ3v) is 4.25. The van der Waals surface area contributed by atoms with E-state index >= 15 is 0 Å². The Hall–Kier alpha value is -1.02. The molecule has 2 atom stereocenters. The van der Waals surface area contributed by atoms with Gasteiger partial charge in [-0.3, -0.25) is 0 Å². The van der Waals surface area contributed by atoms with Crippen molar-refractivity contribution >= 4 is 0 Å². The fourth-order valence-corrected chi connectivity index (χ4v) is 2.68. The van der Waals surface area contributed by atoms with Gasteiger partial charge < -0.3 is 10.1 Å². The Morgan fingerprint density at radius 2 is 1.94 bits per heavy atom. The number of rotatable bonds is 6. The lowest BCUT2D eigenvalue weighted by atomic mass is 9.80. The summed E-state index contributed by atoms with van der Waals surface area (Å²) in [4.78, 5) is 0. The van der Waals surface area contributed by atoms with Gasteiger partial charge in [-0.05, 0) is 49.8 Å². The number of hydrogen-bond acceptors (Lipinski definition) is 2. The molecule has 0 aromatic heterocycles. The molecule has 0 heterocycles. The van der Waals surface area contributed by atoms with Gasteiger partial charge >= 0.3 is 0 Å². The molecule has 1 saturated carbocycles. The largest absolute Gasteiger partial charge is 0.497 e. The predicted octanol–water partition coefficient (Wildman–Crippen LogP) is 3.92. The molecule has 1 aliphatic rings. The summed E-state index contributed by atoms with van der Waals surface area (Å²) in [5.41, 5.74) is 1.37. The lowest BCUT2D eigenvalue weighted by Gasteiger charge is -2.34. The van der Waals surface area contributed by atoms with Crippen LogP contribution < -0.4 is 10.1 Å². The fraction of sp³-hybridized carbons (Fsp3) is 0.625. The third kappa shape index (κ3) is 3.05. The molecule has 1 aromatic rings. The summed E-state index contributed by atoms with van der Waals surface area (Å²) in [6, 6.07) is 9.54. The molecule has 2 nitrogen and oxygen atoms in total. The third-order valence-electron chi connectivity index (χ3n) is 4.25. The Morgan fingerprint density at radius 1 is 1.28 bits per heavy atom. The van der Waals surface area contributed by atoms with E-state index in [4.69, 9.17) is 4.74 Å². The molecule has 1 fully saturated rings. The van der Waals surface area contributed by atoms with Gasteiger partial charge in [0.1, 0.15) is 5.75 Å². The molecule has 18 heavy (non-hydrogen) atoms. The molecule has 0 aliphatic heterocycles. The Bertz CT molecular complexity index is 356. The minimum atomic E-state index is 0.464. The summed E-state index contributed by atoms with van der Waals surface area (Å²) < 4.78 is 5.21. The highest BCUT2D eigenvalue weighted by atomic mass is 16.5. The zero-order chi connectivity index (χ0) is 13.0. The van der Waals surface area contributed by atoms with Gasteiger partial charge in [0.25, 0.3) is 0 Å². The first-order chi connectivity index (χ1) is 8.74. The van der Waals surface area contributed by atoms with Gasteiger partial charge in [0, 0.05) is 12.1 Å². The van der Waals surface area contributed by atoms with E-state index < -0.39 is 0 Å². The maximum atomic E-state index is 5.21. The van der Waals surface area contributed by atoms with Crippen LogP contribution in [0.5, 0.6) is 5.75 Å². The molecule has 0 amide bonds. The SMILES string of the molecule is CCC(NC(C)C1CCC1)c1ccc(OC)cc1. The number of ether oxygens (including phenoxy) is 1. The number of hydrogen-bond donors (Lipinski definition) is 1. The molecule has 0 radical (unpaired) electrons. The highest BCUT2D eigenvalue weighted by Crippen LogP contribution is 2.31. The van der Waals surface area contributed by atoms with Crippen LogP contribution in [0.1, 0.15) is 51.1 Å². The molecular formula is C16H25NO. The molecule has 1 N–H and O–H groups in total. The van der Waals surface area contributed by atoms with Gasteiger partial charge in [-0.1, -0.05) is 25.5 Å². The number of benzene rings is 1. The van der Waals surface area contributed by atoms with Crippen molar-refractivity contribution in [2.45, 2.75) is 51.6 Å². The molecule has 0 spiro atoms. The standard InChI is InChI=1S/C16H25NO/c1-4-16(17-12(2)13-6-5-7-13)14-8-10-15(18-3)11-9-14/h8-13,16-17H,4-7H2,1-3H3. The van der Waals surface area contributed by atoms with Crippen molar-refractivity contribution in [3.8, 4) is 5.75 Å². The second-order valence-corrected chi connectivity index (χ2v) is 5.38. The van der Waals surface area contributed by atoms with Crippen LogP contribution in [0.25, 0.3) is 0 Å². The van der Waals surface area contributed by atoms with Crippen molar-refractivity contribution in [2.24, 2.45) is 5.92 Å². The van der Waals surface area contributed by atoms with Gasteiger partial charge in [0.2, 0.25) is 0 Å². The normalized spacial score (nSPS) is 19.1. The average Bonchev–Trinajstić information content (AvgIpc) is 2.34. The topological polar surface area (TPSA) is 21.3 Å². The highest BCUT2D eigenvalue weighted by Gasteiger charge is 2.25. The Morgan fingerprint density at radius 3 is 2.39 bits per heavy atom. The van der Waals surface area contributed by atoms with Gasteiger partial charge in [0.05, 0.1) is 7.11 Å². The van der Waals surface area contributed by atoms with Crippen molar-refractivity contribution < 1.29 is 4.74 Å². The first kappa shape index (κ1) is 13.4.